The number of thiazole rings is 1. The van der Waals surface area contributed by atoms with Crippen LogP contribution in [0.2, 0.25) is 5.02 Å². The molecule has 2 aliphatic rings. The molecule has 1 aromatic carbocycles. The Morgan fingerprint density at radius 1 is 1.20 bits per heavy atom. The highest BCUT2D eigenvalue weighted by atomic mass is 35.5. The van der Waals surface area contributed by atoms with Crippen molar-refractivity contribution in [1.82, 2.24) is 9.88 Å². The number of guanidine groups is 1. The lowest BCUT2D eigenvalue weighted by molar-refractivity contribution is 0.380. The number of benzene rings is 1. The molecule has 1 aliphatic carbocycles. The summed E-state index contributed by atoms with van der Waals surface area (Å²) in [5.74, 6) is 1.33. The number of hydrogen-bond donors (Lipinski definition) is 1. The standard InChI is InChI=1S/C18H22ClN5S/c19-14-3-5-15(6-4-14)23-7-9-24(10-8-23)18(20)21-11-17-22-16(12-25-17)13-1-2-13/h3-6,12-13H,1-2,7-11H2,(H2,20,21). The van der Waals surface area contributed by atoms with E-state index in [0.717, 1.165) is 36.2 Å². The lowest BCUT2D eigenvalue weighted by Gasteiger charge is -2.36. The molecule has 0 bridgehead atoms. The van der Waals surface area contributed by atoms with Crippen molar-refractivity contribution in [2.45, 2.75) is 25.3 Å². The number of rotatable bonds is 4. The zero-order valence-corrected chi connectivity index (χ0v) is 15.6. The van der Waals surface area contributed by atoms with Crippen LogP contribution in [-0.2, 0) is 6.54 Å². The predicted octanol–water partition coefficient (Wildman–Crippen LogP) is 3.31. The molecule has 2 heterocycles. The summed E-state index contributed by atoms with van der Waals surface area (Å²) in [5, 5.41) is 4.00. The molecule has 7 heteroatoms. The first-order valence-electron chi connectivity index (χ1n) is 8.69. The van der Waals surface area contributed by atoms with Crippen LogP contribution in [0.1, 0.15) is 29.5 Å². The minimum Gasteiger partial charge on any atom is -0.370 e. The summed E-state index contributed by atoms with van der Waals surface area (Å²) in [5.41, 5.74) is 8.64. The molecule has 0 spiro atoms. The molecule has 1 aromatic heterocycles. The summed E-state index contributed by atoms with van der Waals surface area (Å²) in [4.78, 5) is 13.7. The van der Waals surface area contributed by atoms with E-state index in [9.17, 15) is 0 Å². The van der Waals surface area contributed by atoms with Crippen LogP contribution in [0.5, 0.6) is 0 Å². The highest BCUT2D eigenvalue weighted by molar-refractivity contribution is 7.09. The van der Waals surface area contributed by atoms with Crippen LogP contribution in [-0.4, -0.2) is 42.0 Å². The summed E-state index contributed by atoms with van der Waals surface area (Å²) in [6, 6.07) is 8.00. The molecule has 0 atom stereocenters. The number of aliphatic imine (C=N–C) groups is 1. The SMILES string of the molecule is NC(=NCc1nc(C2CC2)cs1)N1CCN(c2ccc(Cl)cc2)CC1. The van der Waals surface area contributed by atoms with Crippen molar-refractivity contribution in [3.63, 3.8) is 0 Å². The average Bonchev–Trinajstić information content (AvgIpc) is 3.39. The number of aromatic nitrogens is 1. The summed E-state index contributed by atoms with van der Waals surface area (Å²) in [7, 11) is 0. The van der Waals surface area contributed by atoms with Gasteiger partial charge in [-0.25, -0.2) is 9.98 Å². The maximum Gasteiger partial charge on any atom is 0.191 e. The first kappa shape index (κ1) is 16.7. The van der Waals surface area contributed by atoms with Gasteiger partial charge in [0.05, 0.1) is 12.2 Å². The first-order chi connectivity index (χ1) is 12.2. The minimum atomic E-state index is 0.584. The molecule has 5 nitrogen and oxygen atoms in total. The Labute approximate surface area is 157 Å². The average molecular weight is 376 g/mol. The normalized spacial score (nSPS) is 18.7. The molecule has 25 heavy (non-hydrogen) atoms. The fourth-order valence-electron chi connectivity index (χ4n) is 3.06. The molecule has 0 amide bonds. The van der Waals surface area contributed by atoms with Crippen molar-refractivity contribution in [1.29, 1.82) is 0 Å². The second-order valence-electron chi connectivity index (χ2n) is 6.57. The second-order valence-corrected chi connectivity index (χ2v) is 7.94. The van der Waals surface area contributed by atoms with Crippen molar-refractivity contribution in [3.8, 4) is 0 Å². The first-order valence-corrected chi connectivity index (χ1v) is 9.94. The van der Waals surface area contributed by atoms with Crippen molar-refractivity contribution < 1.29 is 0 Å². The van der Waals surface area contributed by atoms with E-state index in [-0.39, 0.29) is 0 Å². The van der Waals surface area contributed by atoms with Gasteiger partial charge in [-0.2, -0.15) is 0 Å². The van der Waals surface area contributed by atoms with E-state index in [0.29, 0.717) is 18.4 Å². The highest BCUT2D eigenvalue weighted by Gasteiger charge is 2.26. The van der Waals surface area contributed by atoms with Gasteiger partial charge < -0.3 is 15.5 Å². The van der Waals surface area contributed by atoms with Crippen LogP contribution in [0.3, 0.4) is 0 Å². The van der Waals surface area contributed by atoms with Crippen LogP contribution in [0.15, 0.2) is 34.6 Å². The topological polar surface area (TPSA) is 57.8 Å². The van der Waals surface area contributed by atoms with Crippen molar-refractivity contribution >= 4 is 34.6 Å². The van der Waals surface area contributed by atoms with Crippen LogP contribution in [0.4, 0.5) is 5.69 Å². The van der Waals surface area contributed by atoms with E-state index in [2.05, 4.69) is 37.3 Å². The Morgan fingerprint density at radius 3 is 2.60 bits per heavy atom. The van der Waals surface area contributed by atoms with Gasteiger partial charge in [-0.1, -0.05) is 11.6 Å². The summed E-state index contributed by atoms with van der Waals surface area (Å²) in [6.07, 6.45) is 2.57. The summed E-state index contributed by atoms with van der Waals surface area (Å²) < 4.78 is 0. The lowest BCUT2D eigenvalue weighted by Crippen LogP contribution is -2.51. The molecule has 1 aliphatic heterocycles. The molecule has 132 valence electrons. The smallest absolute Gasteiger partial charge is 0.191 e. The van der Waals surface area contributed by atoms with E-state index in [4.69, 9.17) is 17.3 Å². The number of anilines is 1. The van der Waals surface area contributed by atoms with E-state index in [1.807, 2.05) is 12.1 Å². The van der Waals surface area contributed by atoms with E-state index in [1.54, 1.807) is 11.3 Å². The minimum absolute atomic E-state index is 0.584. The Morgan fingerprint density at radius 2 is 1.92 bits per heavy atom. The predicted molar refractivity (Wildman–Crippen MR) is 105 cm³/mol. The van der Waals surface area contributed by atoms with Crippen molar-refractivity contribution in [3.05, 3.63) is 45.4 Å². The number of piperazine rings is 1. The third kappa shape index (κ3) is 4.07. The largest absolute Gasteiger partial charge is 0.370 e. The Hall–Kier alpha value is -1.79. The molecule has 2 fully saturated rings. The van der Waals surface area contributed by atoms with Gasteiger partial charge in [-0.15, -0.1) is 11.3 Å². The van der Waals surface area contributed by atoms with Gasteiger partial charge in [0, 0.05) is 48.2 Å². The van der Waals surface area contributed by atoms with E-state index < -0.39 is 0 Å². The van der Waals surface area contributed by atoms with Gasteiger partial charge in [-0.05, 0) is 37.1 Å². The number of halogens is 1. The Bertz CT molecular complexity index is 745. The van der Waals surface area contributed by atoms with Gasteiger partial charge in [0.15, 0.2) is 5.96 Å². The molecular formula is C18H22ClN5S. The van der Waals surface area contributed by atoms with Crippen molar-refractivity contribution in [2.75, 3.05) is 31.1 Å². The van der Waals surface area contributed by atoms with Gasteiger partial charge >= 0.3 is 0 Å². The van der Waals surface area contributed by atoms with Gasteiger partial charge in [0.2, 0.25) is 0 Å². The molecule has 2 N–H and O–H groups in total. The molecular weight excluding hydrogens is 354 g/mol. The molecule has 1 saturated carbocycles. The molecule has 4 rings (SSSR count). The number of nitrogens with two attached hydrogens (primary N) is 1. The molecule has 0 unspecified atom stereocenters. The van der Waals surface area contributed by atoms with Crippen LogP contribution >= 0.6 is 22.9 Å². The third-order valence-corrected chi connectivity index (χ3v) is 5.84. The summed E-state index contributed by atoms with van der Waals surface area (Å²) >= 11 is 7.65. The fraction of sp³-hybridized carbons (Fsp3) is 0.444. The van der Waals surface area contributed by atoms with Crippen LogP contribution in [0, 0.1) is 0 Å². The van der Waals surface area contributed by atoms with Gasteiger partial charge in [0.1, 0.15) is 5.01 Å². The molecule has 0 radical (unpaired) electrons. The summed E-state index contributed by atoms with van der Waals surface area (Å²) in [6.45, 7) is 4.20. The maximum atomic E-state index is 6.20. The highest BCUT2D eigenvalue weighted by Crippen LogP contribution is 2.40. The number of hydrogen-bond acceptors (Lipinski definition) is 4. The zero-order valence-electron chi connectivity index (χ0n) is 14.1. The maximum absolute atomic E-state index is 6.20. The van der Waals surface area contributed by atoms with Crippen molar-refractivity contribution in [2.24, 2.45) is 10.7 Å². The van der Waals surface area contributed by atoms with Gasteiger partial charge in [-0.3, -0.25) is 0 Å². The van der Waals surface area contributed by atoms with E-state index in [1.165, 1.54) is 24.2 Å². The molecule has 1 saturated heterocycles. The van der Waals surface area contributed by atoms with Crippen LogP contribution < -0.4 is 10.6 Å². The number of nitrogens with zero attached hydrogens (tertiary/aromatic N) is 4. The van der Waals surface area contributed by atoms with E-state index >= 15 is 0 Å². The molecule has 2 aromatic rings. The second kappa shape index (κ2) is 7.22. The zero-order chi connectivity index (χ0) is 17.2. The Balaban J connectivity index is 1.30. The quantitative estimate of drug-likeness (QED) is 0.658. The monoisotopic (exact) mass is 375 g/mol. The van der Waals surface area contributed by atoms with Gasteiger partial charge in [0.25, 0.3) is 0 Å². The van der Waals surface area contributed by atoms with Crippen LogP contribution in [0.25, 0.3) is 0 Å². The Kier molecular flexibility index (Phi) is 4.81. The third-order valence-electron chi connectivity index (χ3n) is 4.74. The fourth-order valence-corrected chi connectivity index (χ4v) is 3.98. The lowest BCUT2D eigenvalue weighted by atomic mass is 10.2.